The summed E-state index contributed by atoms with van der Waals surface area (Å²) in [4.78, 5) is 17.1. The number of rotatable bonds is 2. The van der Waals surface area contributed by atoms with Gasteiger partial charge in [0.15, 0.2) is 5.65 Å². The molecule has 2 aromatic carbocycles. The fourth-order valence-corrected chi connectivity index (χ4v) is 2.87. The van der Waals surface area contributed by atoms with Crippen molar-refractivity contribution < 1.29 is 4.39 Å². The highest BCUT2D eigenvalue weighted by atomic mass is 19.1. The Morgan fingerprint density at radius 1 is 1.00 bits per heavy atom. The van der Waals surface area contributed by atoms with Crippen LogP contribution in [0.3, 0.4) is 0 Å². The predicted molar refractivity (Wildman–Crippen MR) is 91.4 cm³/mol. The zero-order chi connectivity index (χ0) is 16.7. The van der Waals surface area contributed by atoms with E-state index in [9.17, 15) is 9.18 Å². The number of fused-ring (bicyclic) bond motifs is 1. The van der Waals surface area contributed by atoms with E-state index < -0.39 is 0 Å². The van der Waals surface area contributed by atoms with Crippen LogP contribution in [0.1, 0.15) is 5.69 Å². The van der Waals surface area contributed by atoms with E-state index in [4.69, 9.17) is 0 Å². The molecule has 1 N–H and O–H groups in total. The lowest BCUT2D eigenvalue weighted by atomic mass is 10.1. The number of halogens is 1. The highest BCUT2D eigenvalue weighted by Gasteiger charge is 2.15. The zero-order valence-corrected chi connectivity index (χ0v) is 13.0. The largest absolute Gasteiger partial charge is 0.293 e. The molecule has 0 aliphatic rings. The van der Waals surface area contributed by atoms with E-state index in [1.54, 1.807) is 12.1 Å². The summed E-state index contributed by atoms with van der Waals surface area (Å²) >= 11 is 0. The summed E-state index contributed by atoms with van der Waals surface area (Å²) < 4.78 is 14.6. The highest BCUT2D eigenvalue weighted by molar-refractivity contribution is 5.80. The molecule has 2 heterocycles. The number of aromatic amines is 1. The van der Waals surface area contributed by atoms with E-state index >= 15 is 0 Å². The summed E-state index contributed by atoms with van der Waals surface area (Å²) in [6.45, 7) is 1.91. The Labute approximate surface area is 137 Å². The van der Waals surface area contributed by atoms with Gasteiger partial charge in [-0.3, -0.25) is 9.89 Å². The minimum absolute atomic E-state index is 0.204. The van der Waals surface area contributed by atoms with Gasteiger partial charge in [-0.05, 0) is 36.8 Å². The van der Waals surface area contributed by atoms with Gasteiger partial charge in [0.25, 0.3) is 5.56 Å². The van der Waals surface area contributed by atoms with Crippen molar-refractivity contribution in [1.82, 2.24) is 14.6 Å². The molecule has 2 aromatic heterocycles. The molecule has 0 atom stereocenters. The Hall–Kier alpha value is -3.21. The quantitative estimate of drug-likeness (QED) is 0.611. The van der Waals surface area contributed by atoms with E-state index in [-0.39, 0.29) is 11.4 Å². The van der Waals surface area contributed by atoms with Crippen molar-refractivity contribution in [2.24, 2.45) is 0 Å². The topological polar surface area (TPSA) is 50.2 Å². The smallest absolute Gasteiger partial charge is 0.273 e. The molecule has 0 aliphatic carbocycles. The van der Waals surface area contributed by atoms with Crippen LogP contribution in [0, 0.1) is 12.7 Å². The van der Waals surface area contributed by atoms with E-state index in [0.29, 0.717) is 16.9 Å². The lowest BCUT2D eigenvalue weighted by Gasteiger charge is -2.03. The lowest BCUT2D eigenvalue weighted by Crippen LogP contribution is -2.14. The van der Waals surface area contributed by atoms with Crippen LogP contribution in [-0.4, -0.2) is 14.6 Å². The van der Waals surface area contributed by atoms with Crippen LogP contribution in [0.2, 0.25) is 0 Å². The second-order valence-electron chi connectivity index (χ2n) is 5.62. The van der Waals surface area contributed by atoms with Gasteiger partial charge in [0.2, 0.25) is 0 Å². The van der Waals surface area contributed by atoms with Gasteiger partial charge in [0.05, 0.1) is 5.69 Å². The molecule has 0 spiro atoms. The van der Waals surface area contributed by atoms with Gasteiger partial charge in [-0.25, -0.2) is 13.9 Å². The van der Waals surface area contributed by atoms with Crippen molar-refractivity contribution >= 4 is 5.65 Å². The maximum absolute atomic E-state index is 13.1. The van der Waals surface area contributed by atoms with Crippen molar-refractivity contribution in [3.63, 3.8) is 0 Å². The Morgan fingerprint density at radius 2 is 1.71 bits per heavy atom. The van der Waals surface area contributed by atoms with Gasteiger partial charge in [-0.15, -0.1) is 0 Å². The van der Waals surface area contributed by atoms with Crippen molar-refractivity contribution in [2.45, 2.75) is 6.92 Å². The number of aryl methyl sites for hydroxylation is 1. The molecule has 0 amide bonds. The number of hydrogen-bond acceptors (Lipinski definition) is 2. The number of benzene rings is 2. The molecule has 0 saturated heterocycles. The van der Waals surface area contributed by atoms with Gasteiger partial charge in [-0.2, -0.15) is 0 Å². The van der Waals surface area contributed by atoms with E-state index in [0.717, 1.165) is 16.8 Å². The van der Waals surface area contributed by atoms with Crippen molar-refractivity contribution in [3.05, 3.63) is 82.5 Å². The van der Waals surface area contributed by atoms with Crippen LogP contribution in [0.15, 0.2) is 65.5 Å². The average Bonchev–Trinajstić information content (AvgIpc) is 2.93. The second-order valence-corrected chi connectivity index (χ2v) is 5.62. The molecule has 4 nitrogen and oxygen atoms in total. The molecular formula is C19H14FN3O. The molecule has 0 aliphatic heterocycles. The zero-order valence-electron chi connectivity index (χ0n) is 13.0. The molecule has 0 unspecified atom stereocenters. The second kappa shape index (κ2) is 5.45. The van der Waals surface area contributed by atoms with Crippen LogP contribution in [0.25, 0.3) is 28.0 Å². The fraction of sp³-hybridized carbons (Fsp3) is 0.0526. The first-order chi connectivity index (χ1) is 11.6. The van der Waals surface area contributed by atoms with Crippen LogP contribution in [-0.2, 0) is 0 Å². The van der Waals surface area contributed by atoms with Crippen LogP contribution in [0.5, 0.6) is 0 Å². The summed E-state index contributed by atoms with van der Waals surface area (Å²) in [7, 11) is 0. The molecule has 0 fully saturated rings. The first kappa shape index (κ1) is 14.4. The van der Waals surface area contributed by atoms with Crippen LogP contribution < -0.4 is 5.56 Å². The SMILES string of the molecule is Cc1[nH]n2c(=O)cc(-c3ccc(F)cc3)nc2c1-c1ccccc1. The lowest BCUT2D eigenvalue weighted by molar-refractivity contribution is 0.628. The van der Waals surface area contributed by atoms with Crippen LogP contribution >= 0.6 is 0 Å². The molecular weight excluding hydrogens is 305 g/mol. The Bertz CT molecular complexity index is 1080. The Balaban J connectivity index is 2.00. The maximum Gasteiger partial charge on any atom is 0.273 e. The number of H-pyrrole nitrogens is 1. The molecule has 4 rings (SSSR count). The fourth-order valence-electron chi connectivity index (χ4n) is 2.87. The van der Waals surface area contributed by atoms with Gasteiger partial charge < -0.3 is 0 Å². The van der Waals surface area contributed by atoms with Crippen molar-refractivity contribution in [3.8, 4) is 22.4 Å². The van der Waals surface area contributed by atoms with E-state index in [1.807, 2.05) is 37.3 Å². The van der Waals surface area contributed by atoms with Gasteiger partial charge in [-0.1, -0.05) is 30.3 Å². The third kappa shape index (κ3) is 2.31. The standard InChI is InChI=1S/C19H14FN3O/c1-12-18(14-5-3-2-4-6-14)19-21-16(11-17(24)23(19)22-12)13-7-9-15(20)10-8-13/h2-11,22H,1H3. The Morgan fingerprint density at radius 3 is 2.42 bits per heavy atom. The highest BCUT2D eigenvalue weighted by Crippen LogP contribution is 2.27. The third-order valence-electron chi connectivity index (χ3n) is 4.00. The van der Waals surface area contributed by atoms with Crippen molar-refractivity contribution in [2.75, 3.05) is 0 Å². The molecule has 118 valence electrons. The van der Waals surface area contributed by atoms with E-state index in [1.165, 1.54) is 22.7 Å². The molecule has 0 saturated carbocycles. The average molecular weight is 319 g/mol. The minimum Gasteiger partial charge on any atom is -0.293 e. The van der Waals surface area contributed by atoms with Crippen molar-refractivity contribution in [1.29, 1.82) is 0 Å². The molecule has 0 bridgehead atoms. The molecule has 4 aromatic rings. The number of nitrogens with one attached hydrogen (secondary N) is 1. The molecule has 5 heteroatoms. The summed E-state index contributed by atoms with van der Waals surface area (Å²) in [6.07, 6.45) is 0. The summed E-state index contributed by atoms with van der Waals surface area (Å²) in [5, 5.41) is 3.06. The first-order valence-corrected chi connectivity index (χ1v) is 7.57. The van der Waals surface area contributed by atoms with Gasteiger partial charge >= 0.3 is 0 Å². The third-order valence-corrected chi connectivity index (χ3v) is 4.00. The van der Waals surface area contributed by atoms with Crippen LogP contribution in [0.4, 0.5) is 4.39 Å². The monoisotopic (exact) mass is 319 g/mol. The molecule has 0 radical (unpaired) electrons. The number of hydrogen-bond donors (Lipinski definition) is 1. The summed E-state index contributed by atoms with van der Waals surface area (Å²) in [5.41, 5.74) is 4.32. The molecule has 24 heavy (non-hydrogen) atoms. The first-order valence-electron chi connectivity index (χ1n) is 7.57. The summed E-state index contributed by atoms with van der Waals surface area (Å²) in [5.74, 6) is -0.320. The van der Waals surface area contributed by atoms with E-state index in [2.05, 4.69) is 10.1 Å². The summed E-state index contributed by atoms with van der Waals surface area (Å²) in [6, 6.07) is 17.2. The van der Waals surface area contributed by atoms with Gasteiger partial charge in [0, 0.05) is 22.9 Å². The predicted octanol–water partition coefficient (Wildman–Crippen LogP) is 3.80. The van der Waals surface area contributed by atoms with Gasteiger partial charge in [0.1, 0.15) is 5.82 Å². The Kier molecular flexibility index (Phi) is 3.27. The minimum atomic E-state index is -0.320. The normalized spacial score (nSPS) is 11.1. The number of aromatic nitrogens is 3. The maximum atomic E-state index is 13.1. The number of nitrogens with zero attached hydrogens (tertiary/aromatic N) is 2.